The third kappa shape index (κ3) is 3.63. The van der Waals surface area contributed by atoms with Gasteiger partial charge in [0.05, 0.1) is 11.2 Å². The molecule has 1 heterocycles. The topological polar surface area (TPSA) is 42.1 Å². The van der Waals surface area contributed by atoms with E-state index in [1.54, 1.807) is 11.3 Å². The van der Waals surface area contributed by atoms with E-state index < -0.39 is 0 Å². The number of hydrogen-bond acceptors (Lipinski definition) is 4. The van der Waals surface area contributed by atoms with Crippen LogP contribution in [0.3, 0.4) is 0 Å². The number of halogens is 1. The molecule has 0 amide bonds. The SMILES string of the molecule is Cc1cc(C(CN)N(C)Cc2cscn2)ccc1Br. The second-order valence-electron chi connectivity index (χ2n) is 4.66. The average Bonchev–Trinajstić information content (AvgIpc) is 2.87. The van der Waals surface area contributed by atoms with Crippen LogP contribution in [0.15, 0.2) is 33.6 Å². The van der Waals surface area contributed by atoms with Crippen molar-refractivity contribution in [1.29, 1.82) is 0 Å². The van der Waals surface area contributed by atoms with Crippen LogP contribution in [0.2, 0.25) is 0 Å². The molecule has 0 radical (unpaired) electrons. The molecule has 1 aromatic heterocycles. The van der Waals surface area contributed by atoms with Gasteiger partial charge < -0.3 is 5.73 Å². The molecule has 102 valence electrons. The summed E-state index contributed by atoms with van der Waals surface area (Å²) >= 11 is 5.16. The van der Waals surface area contributed by atoms with Crippen molar-refractivity contribution in [3.8, 4) is 0 Å². The minimum Gasteiger partial charge on any atom is -0.329 e. The van der Waals surface area contributed by atoms with Crippen LogP contribution in [0.5, 0.6) is 0 Å². The molecule has 1 aromatic carbocycles. The Labute approximate surface area is 126 Å². The summed E-state index contributed by atoms with van der Waals surface area (Å²) in [5, 5.41) is 2.08. The summed E-state index contributed by atoms with van der Waals surface area (Å²) < 4.78 is 1.13. The van der Waals surface area contributed by atoms with Gasteiger partial charge in [0, 0.05) is 29.0 Å². The number of rotatable bonds is 5. The largest absolute Gasteiger partial charge is 0.329 e. The molecular formula is C14H18BrN3S. The van der Waals surface area contributed by atoms with Crippen LogP contribution in [0, 0.1) is 6.92 Å². The monoisotopic (exact) mass is 339 g/mol. The number of thiazole rings is 1. The molecule has 2 rings (SSSR count). The molecule has 5 heteroatoms. The predicted molar refractivity (Wildman–Crippen MR) is 84.3 cm³/mol. The van der Waals surface area contributed by atoms with Gasteiger partial charge in [0.25, 0.3) is 0 Å². The summed E-state index contributed by atoms with van der Waals surface area (Å²) in [6, 6.07) is 6.63. The van der Waals surface area contributed by atoms with E-state index in [9.17, 15) is 0 Å². The molecule has 0 fully saturated rings. The summed E-state index contributed by atoms with van der Waals surface area (Å²) in [6.07, 6.45) is 0. The number of aryl methyl sites for hydroxylation is 1. The standard InChI is InChI=1S/C14H18BrN3S/c1-10-5-11(3-4-13(10)15)14(6-16)18(2)7-12-8-19-9-17-12/h3-5,8-9,14H,6-7,16H2,1-2H3. The highest BCUT2D eigenvalue weighted by molar-refractivity contribution is 9.10. The maximum atomic E-state index is 5.95. The van der Waals surface area contributed by atoms with Crippen LogP contribution in [0.25, 0.3) is 0 Å². The van der Waals surface area contributed by atoms with Crippen LogP contribution >= 0.6 is 27.3 Å². The molecule has 0 spiro atoms. The molecule has 19 heavy (non-hydrogen) atoms. The van der Waals surface area contributed by atoms with Gasteiger partial charge in [-0.25, -0.2) is 4.98 Å². The Morgan fingerprint density at radius 2 is 2.26 bits per heavy atom. The molecule has 0 saturated carbocycles. The third-order valence-electron chi connectivity index (χ3n) is 3.22. The molecule has 0 aliphatic heterocycles. The fourth-order valence-corrected chi connectivity index (χ4v) is 2.92. The van der Waals surface area contributed by atoms with Gasteiger partial charge in [-0.2, -0.15) is 0 Å². The number of likely N-dealkylation sites (N-methyl/N-ethyl adjacent to an activating group) is 1. The maximum absolute atomic E-state index is 5.95. The van der Waals surface area contributed by atoms with Gasteiger partial charge in [-0.1, -0.05) is 28.1 Å². The third-order valence-corrected chi connectivity index (χ3v) is 4.74. The highest BCUT2D eigenvalue weighted by Gasteiger charge is 2.16. The zero-order chi connectivity index (χ0) is 13.8. The molecule has 1 atom stereocenters. The van der Waals surface area contributed by atoms with Gasteiger partial charge in [-0.3, -0.25) is 4.90 Å². The Morgan fingerprint density at radius 1 is 1.47 bits per heavy atom. The van der Waals surface area contributed by atoms with E-state index in [0.717, 1.165) is 16.7 Å². The fraction of sp³-hybridized carbons (Fsp3) is 0.357. The normalized spacial score (nSPS) is 12.9. The number of nitrogens with zero attached hydrogens (tertiary/aromatic N) is 2. The highest BCUT2D eigenvalue weighted by Crippen LogP contribution is 2.25. The minimum absolute atomic E-state index is 0.216. The Bertz CT molecular complexity index is 527. The maximum Gasteiger partial charge on any atom is 0.0795 e. The van der Waals surface area contributed by atoms with E-state index in [-0.39, 0.29) is 6.04 Å². The summed E-state index contributed by atoms with van der Waals surface area (Å²) in [5.41, 5.74) is 11.4. The van der Waals surface area contributed by atoms with Gasteiger partial charge in [0.1, 0.15) is 0 Å². The zero-order valence-electron chi connectivity index (χ0n) is 11.1. The first kappa shape index (κ1) is 14.7. The predicted octanol–water partition coefficient (Wildman–Crippen LogP) is 3.35. The fourth-order valence-electron chi connectivity index (χ4n) is 2.13. The van der Waals surface area contributed by atoms with Crippen LogP contribution < -0.4 is 5.73 Å². The first-order chi connectivity index (χ1) is 9.11. The number of aromatic nitrogens is 1. The lowest BCUT2D eigenvalue weighted by molar-refractivity contribution is 0.239. The van der Waals surface area contributed by atoms with Crippen molar-refractivity contribution in [1.82, 2.24) is 9.88 Å². The van der Waals surface area contributed by atoms with Gasteiger partial charge in [0.2, 0.25) is 0 Å². The molecule has 0 bridgehead atoms. The van der Waals surface area contributed by atoms with Crippen LogP contribution in [-0.2, 0) is 6.54 Å². The summed E-state index contributed by atoms with van der Waals surface area (Å²) in [5.74, 6) is 0. The highest BCUT2D eigenvalue weighted by atomic mass is 79.9. The van der Waals surface area contributed by atoms with Crippen molar-refractivity contribution in [2.24, 2.45) is 5.73 Å². The number of benzene rings is 1. The molecule has 2 N–H and O–H groups in total. The van der Waals surface area contributed by atoms with E-state index in [1.165, 1.54) is 11.1 Å². The first-order valence-electron chi connectivity index (χ1n) is 6.15. The van der Waals surface area contributed by atoms with Gasteiger partial charge in [-0.15, -0.1) is 11.3 Å². The Kier molecular flexibility index (Phi) is 5.10. The van der Waals surface area contributed by atoms with Crippen molar-refractivity contribution in [2.45, 2.75) is 19.5 Å². The molecule has 3 nitrogen and oxygen atoms in total. The van der Waals surface area contributed by atoms with Crippen molar-refractivity contribution in [2.75, 3.05) is 13.6 Å². The zero-order valence-corrected chi connectivity index (χ0v) is 13.5. The first-order valence-corrected chi connectivity index (χ1v) is 7.89. The molecule has 2 aromatic rings. The lowest BCUT2D eigenvalue weighted by atomic mass is 10.0. The van der Waals surface area contributed by atoms with E-state index in [4.69, 9.17) is 5.73 Å². The van der Waals surface area contributed by atoms with Crippen molar-refractivity contribution >= 4 is 27.3 Å². The minimum atomic E-state index is 0.216. The molecule has 0 aliphatic carbocycles. The van der Waals surface area contributed by atoms with E-state index in [2.05, 4.69) is 63.4 Å². The van der Waals surface area contributed by atoms with Crippen molar-refractivity contribution < 1.29 is 0 Å². The van der Waals surface area contributed by atoms with Crippen molar-refractivity contribution in [3.63, 3.8) is 0 Å². The lowest BCUT2D eigenvalue weighted by Gasteiger charge is -2.27. The quantitative estimate of drug-likeness (QED) is 0.908. The Balaban J connectivity index is 2.16. The molecule has 0 saturated heterocycles. The van der Waals surface area contributed by atoms with Gasteiger partial charge in [0.15, 0.2) is 0 Å². The van der Waals surface area contributed by atoms with Gasteiger partial charge >= 0.3 is 0 Å². The van der Waals surface area contributed by atoms with Gasteiger partial charge in [-0.05, 0) is 31.2 Å². The van der Waals surface area contributed by atoms with E-state index in [1.807, 2.05) is 5.51 Å². The van der Waals surface area contributed by atoms with E-state index >= 15 is 0 Å². The smallest absolute Gasteiger partial charge is 0.0795 e. The number of nitrogens with two attached hydrogens (primary N) is 1. The number of hydrogen-bond donors (Lipinski definition) is 1. The summed E-state index contributed by atoms with van der Waals surface area (Å²) in [4.78, 5) is 6.57. The molecule has 0 aliphatic rings. The second-order valence-corrected chi connectivity index (χ2v) is 6.23. The van der Waals surface area contributed by atoms with Crippen LogP contribution in [0.1, 0.15) is 22.9 Å². The average molecular weight is 340 g/mol. The Morgan fingerprint density at radius 3 is 2.84 bits per heavy atom. The van der Waals surface area contributed by atoms with Crippen LogP contribution in [-0.4, -0.2) is 23.5 Å². The van der Waals surface area contributed by atoms with Crippen LogP contribution in [0.4, 0.5) is 0 Å². The lowest BCUT2D eigenvalue weighted by Crippen LogP contribution is -2.30. The van der Waals surface area contributed by atoms with E-state index in [0.29, 0.717) is 6.54 Å². The molecular weight excluding hydrogens is 322 g/mol. The summed E-state index contributed by atoms with van der Waals surface area (Å²) in [7, 11) is 2.09. The molecule has 1 unspecified atom stereocenters. The van der Waals surface area contributed by atoms with Crippen molar-refractivity contribution in [3.05, 3.63) is 50.4 Å². The Hall–Kier alpha value is -0.750. The second kappa shape index (κ2) is 6.61. The summed E-state index contributed by atoms with van der Waals surface area (Å²) in [6.45, 7) is 3.52.